The van der Waals surface area contributed by atoms with Gasteiger partial charge in [-0.25, -0.2) is 0 Å². The highest BCUT2D eigenvalue weighted by atomic mass is 16.4. The van der Waals surface area contributed by atoms with Crippen LogP contribution >= 0.6 is 0 Å². The first kappa shape index (κ1) is 15.7. The Hall–Kier alpha value is -2.21. The summed E-state index contributed by atoms with van der Waals surface area (Å²) in [5.74, 6) is 1.22. The smallest absolute Gasteiger partial charge is 0.322 e. The lowest BCUT2D eigenvalue weighted by Crippen LogP contribution is -2.49. The average Bonchev–Trinajstić information content (AvgIpc) is 2.88. The van der Waals surface area contributed by atoms with Crippen molar-refractivity contribution in [1.29, 1.82) is 0 Å². The minimum absolute atomic E-state index is 0.370. The van der Waals surface area contributed by atoms with Crippen LogP contribution < -0.4 is 0 Å². The van der Waals surface area contributed by atoms with Crippen molar-refractivity contribution < 1.29 is 9.90 Å². The van der Waals surface area contributed by atoms with Crippen molar-refractivity contribution >= 4 is 5.97 Å². The molecular weight excluding hydrogens is 292 g/mol. The molecule has 0 bridgehead atoms. The molecule has 0 radical (unpaired) electrons. The van der Waals surface area contributed by atoms with Gasteiger partial charge in [0.1, 0.15) is 17.7 Å². The number of aryl methyl sites for hydroxylation is 1. The molecule has 0 fully saturated rings. The van der Waals surface area contributed by atoms with Crippen LogP contribution in [-0.2, 0) is 24.3 Å². The van der Waals surface area contributed by atoms with Crippen molar-refractivity contribution in [2.24, 2.45) is 5.92 Å². The number of rotatable bonds is 5. The zero-order chi connectivity index (χ0) is 16.4. The Morgan fingerprint density at radius 3 is 2.78 bits per heavy atom. The summed E-state index contributed by atoms with van der Waals surface area (Å²) in [5.41, 5.74) is 1.28. The van der Waals surface area contributed by atoms with Crippen LogP contribution in [0.1, 0.15) is 24.1 Å². The summed E-state index contributed by atoms with van der Waals surface area (Å²) in [4.78, 5) is 13.7. The van der Waals surface area contributed by atoms with E-state index in [9.17, 15) is 9.90 Å². The van der Waals surface area contributed by atoms with E-state index >= 15 is 0 Å². The number of carbonyl (C=O) groups is 1. The average molecular weight is 314 g/mol. The Morgan fingerprint density at radius 1 is 1.35 bits per heavy atom. The van der Waals surface area contributed by atoms with Gasteiger partial charge in [0.25, 0.3) is 0 Å². The van der Waals surface area contributed by atoms with Crippen molar-refractivity contribution in [3.05, 3.63) is 47.5 Å². The second-order valence-corrected chi connectivity index (χ2v) is 6.35. The number of nitrogens with zero attached hydrogens (tertiary/aromatic N) is 4. The summed E-state index contributed by atoms with van der Waals surface area (Å²) in [6, 6.07) is 9.79. The predicted molar refractivity (Wildman–Crippen MR) is 85.9 cm³/mol. The monoisotopic (exact) mass is 314 g/mol. The lowest BCUT2D eigenvalue weighted by atomic mass is 9.99. The summed E-state index contributed by atoms with van der Waals surface area (Å²) < 4.78 is 1.91. The van der Waals surface area contributed by atoms with Crippen LogP contribution in [0.4, 0.5) is 0 Å². The van der Waals surface area contributed by atoms with Crippen LogP contribution in [0.25, 0.3) is 0 Å². The number of aliphatic carboxylic acids is 1. The molecule has 0 spiro atoms. The quantitative estimate of drug-likeness (QED) is 0.910. The SMILES string of the molecule is Cc1nnc2n1CC(C(=O)O)N(CC(C)Cc1ccccc1)C2. The molecule has 6 heteroatoms. The molecule has 2 heterocycles. The molecule has 0 aliphatic carbocycles. The highest BCUT2D eigenvalue weighted by Gasteiger charge is 2.33. The maximum absolute atomic E-state index is 11.7. The molecule has 0 saturated heterocycles. The topological polar surface area (TPSA) is 71.2 Å². The number of carboxylic acids is 1. The molecule has 0 saturated carbocycles. The normalized spacial score (nSPS) is 19.3. The second-order valence-electron chi connectivity index (χ2n) is 6.35. The Bertz CT molecular complexity index is 683. The van der Waals surface area contributed by atoms with Gasteiger partial charge in [0, 0.05) is 6.54 Å². The van der Waals surface area contributed by atoms with Gasteiger partial charge in [0.15, 0.2) is 0 Å². The molecule has 1 aliphatic heterocycles. The van der Waals surface area contributed by atoms with E-state index in [4.69, 9.17) is 0 Å². The van der Waals surface area contributed by atoms with Crippen LogP contribution in [0, 0.1) is 12.8 Å². The van der Waals surface area contributed by atoms with E-state index in [-0.39, 0.29) is 0 Å². The number of benzene rings is 1. The highest BCUT2D eigenvalue weighted by molar-refractivity contribution is 5.73. The molecule has 6 nitrogen and oxygen atoms in total. The van der Waals surface area contributed by atoms with Crippen LogP contribution in [0.3, 0.4) is 0 Å². The van der Waals surface area contributed by atoms with Crippen LogP contribution in [0.5, 0.6) is 0 Å². The third-order valence-electron chi connectivity index (χ3n) is 4.41. The fourth-order valence-electron chi connectivity index (χ4n) is 3.27. The van der Waals surface area contributed by atoms with E-state index < -0.39 is 12.0 Å². The lowest BCUT2D eigenvalue weighted by molar-refractivity contribution is -0.145. The van der Waals surface area contributed by atoms with E-state index in [0.717, 1.165) is 24.6 Å². The first-order valence-corrected chi connectivity index (χ1v) is 7.94. The van der Waals surface area contributed by atoms with Crippen molar-refractivity contribution in [2.75, 3.05) is 6.54 Å². The van der Waals surface area contributed by atoms with Gasteiger partial charge in [0.2, 0.25) is 0 Å². The highest BCUT2D eigenvalue weighted by Crippen LogP contribution is 2.20. The first-order chi connectivity index (χ1) is 11.0. The second kappa shape index (κ2) is 6.50. The van der Waals surface area contributed by atoms with Gasteiger partial charge < -0.3 is 9.67 Å². The zero-order valence-corrected chi connectivity index (χ0v) is 13.5. The van der Waals surface area contributed by atoms with Gasteiger partial charge in [-0.3, -0.25) is 9.69 Å². The molecule has 1 aromatic heterocycles. The molecule has 3 rings (SSSR count). The Morgan fingerprint density at radius 2 is 2.09 bits per heavy atom. The van der Waals surface area contributed by atoms with E-state index in [1.807, 2.05) is 34.6 Å². The standard InChI is InChI=1S/C17H22N4O2/c1-12(8-14-6-4-3-5-7-14)9-20-11-16-19-18-13(2)21(16)10-15(20)17(22)23/h3-7,12,15H,8-11H2,1-2H3,(H,22,23). The predicted octanol–water partition coefficient (Wildman–Crippen LogP) is 1.73. The summed E-state index contributed by atoms with van der Waals surface area (Å²) in [5, 5.41) is 17.8. The van der Waals surface area contributed by atoms with E-state index in [2.05, 4.69) is 29.3 Å². The van der Waals surface area contributed by atoms with E-state index in [0.29, 0.717) is 19.0 Å². The molecule has 2 unspecified atom stereocenters. The van der Waals surface area contributed by atoms with Crippen molar-refractivity contribution in [3.63, 3.8) is 0 Å². The molecule has 1 aromatic carbocycles. The van der Waals surface area contributed by atoms with Crippen molar-refractivity contribution in [2.45, 2.75) is 39.4 Å². The number of hydrogen-bond acceptors (Lipinski definition) is 4. The third-order valence-corrected chi connectivity index (χ3v) is 4.41. The fraction of sp³-hybridized carbons (Fsp3) is 0.471. The summed E-state index contributed by atoms with van der Waals surface area (Å²) in [7, 11) is 0. The molecule has 2 atom stereocenters. The molecular formula is C17H22N4O2. The number of aromatic nitrogens is 3. The molecule has 23 heavy (non-hydrogen) atoms. The molecule has 1 aliphatic rings. The maximum atomic E-state index is 11.7. The zero-order valence-electron chi connectivity index (χ0n) is 13.5. The van der Waals surface area contributed by atoms with Gasteiger partial charge in [0.05, 0.1) is 13.1 Å². The van der Waals surface area contributed by atoms with Crippen LogP contribution in [0.2, 0.25) is 0 Å². The van der Waals surface area contributed by atoms with Gasteiger partial charge >= 0.3 is 5.97 Å². The summed E-state index contributed by atoms with van der Waals surface area (Å²) in [6.45, 7) is 5.72. The minimum Gasteiger partial charge on any atom is -0.480 e. The molecule has 1 N–H and O–H groups in total. The Kier molecular flexibility index (Phi) is 4.43. The molecule has 122 valence electrons. The Labute approximate surface area is 135 Å². The molecule has 2 aromatic rings. The largest absolute Gasteiger partial charge is 0.480 e. The molecule has 0 amide bonds. The van der Waals surface area contributed by atoms with Crippen molar-refractivity contribution in [1.82, 2.24) is 19.7 Å². The number of fused-ring (bicyclic) bond motifs is 1. The maximum Gasteiger partial charge on any atom is 0.322 e. The fourth-order valence-corrected chi connectivity index (χ4v) is 3.27. The van der Waals surface area contributed by atoms with Crippen LogP contribution in [0.15, 0.2) is 30.3 Å². The Balaban J connectivity index is 1.71. The van der Waals surface area contributed by atoms with Gasteiger partial charge in [-0.05, 0) is 24.8 Å². The number of carboxylic acid groups (broad SMARTS) is 1. The first-order valence-electron chi connectivity index (χ1n) is 7.94. The summed E-state index contributed by atoms with van der Waals surface area (Å²) in [6.07, 6.45) is 0.940. The third kappa shape index (κ3) is 3.42. The van der Waals surface area contributed by atoms with E-state index in [1.54, 1.807) is 0 Å². The summed E-state index contributed by atoms with van der Waals surface area (Å²) >= 11 is 0. The van der Waals surface area contributed by atoms with Crippen LogP contribution in [-0.4, -0.2) is 43.3 Å². The van der Waals surface area contributed by atoms with Crippen molar-refractivity contribution in [3.8, 4) is 0 Å². The van der Waals surface area contributed by atoms with Gasteiger partial charge in [-0.2, -0.15) is 0 Å². The van der Waals surface area contributed by atoms with Gasteiger partial charge in [-0.15, -0.1) is 10.2 Å². The number of hydrogen-bond donors (Lipinski definition) is 1. The minimum atomic E-state index is -0.782. The van der Waals surface area contributed by atoms with E-state index in [1.165, 1.54) is 5.56 Å². The lowest BCUT2D eigenvalue weighted by Gasteiger charge is -2.35. The van der Waals surface area contributed by atoms with Gasteiger partial charge in [-0.1, -0.05) is 37.3 Å².